The Morgan fingerprint density at radius 2 is 1.48 bits per heavy atom. The molecule has 0 N–H and O–H groups in total. The Bertz CT molecular complexity index is 1700. The molecule has 1 aliphatic heterocycles. The Kier molecular flexibility index (Phi) is 3.87. The van der Waals surface area contributed by atoms with Crippen molar-refractivity contribution >= 4 is 49.1 Å². The molecule has 4 aromatic rings. The van der Waals surface area contributed by atoms with Crippen LogP contribution in [0.3, 0.4) is 0 Å². The Labute approximate surface area is 188 Å². The van der Waals surface area contributed by atoms with E-state index in [1.54, 1.807) is 50.5 Å². The number of carbonyl (C=O) groups excluding carboxylic acids is 2. The lowest BCUT2D eigenvalue weighted by atomic mass is 9.93. The standard InChI is InChI=1S/C24H19N3O5S/c1-25-18-10-6-13(12-19(18)26(2)24(25)30)27-22(28)16-5-3-4-15-20(33(31,32)14-7-8-14)11-9-17(21(15)16)23(27)29/h3-6,9-12,14H,7-8H2,1-2H3. The Balaban J connectivity index is 1.56. The Morgan fingerprint density at radius 1 is 0.818 bits per heavy atom. The predicted octanol–water partition coefficient (Wildman–Crippen LogP) is 2.77. The molecule has 2 heterocycles. The molecule has 1 aromatic heterocycles. The summed E-state index contributed by atoms with van der Waals surface area (Å²) >= 11 is 0. The number of aryl methyl sites for hydroxylation is 2. The number of aromatic nitrogens is 2. The largest absolute Gasteiger partial charge is 0.328 e. The van der Waals surface area contributed by atoms with E-state index in [0.717, 1.165) is 4.90 Å². The third-order valence-corrected chi connectivity index (χ3v) is 8.97. The minimum Gasteiger partial charge on any atom is -0.295 e. The van der Waals surface area contributed by atoms with Crippen LogP contribution in [0.5, 0.6) is 0 Å². The maximum atomic E-state index is 13.5. The second-order valence-corrected chi connectivity index (χ2v) is 10.8. The summed E-state index contributed by atoms with van der Waals surface area (Å²) in [6.45, 7) is 0. The zero-order valence-electron chi connectivity index (χ0n) is 17.9. The van der Waals surface area contributed by atoms with Crippen molar-refractivity contribution in [3.8, 4) is 0 Å². The first-order valence-corrected chi connectivity index (χ1v) is 12.1. The highest BCUT2D eigenvalue weighted by atomic mass is 32.2. The van der Waals surface area contributed by atoms with Gasteiger partial charge in [-0.3, -0.25) is 18.7 Å². The first-order chi connectivity index (χ1) is 15.7. The van der Waals surface area contributed by atoms with Gasteiger partial charge in [-0.15, -0.1) is 0 Å². The molecule has 33 heavy (non-hydrogen) atoms. The molecule has 0 atom stereocenters. The van der Waals surface area contributed by atoms with Crippen molar-refractivity contribution in [3.05, 3.63) is 70.1 Å². The summed E-state index contributed by atoms with van der Waals surface area (Å²) < 4.78 is 28.9. The van der Waals surface area contributed by atoms with Crippen LogP contribution in [-0.4, -0.2) is 34.6 Å². The number of anilines is 1. The van der Waals surface area contributed by atoms with E-state index < -0.39 is 26.9 Å². The number of hydrogen-bond acceptors (Lipinski definition) is 5. The molecule has 0 radical (unpaired) electrons. The lowest BCUT2D eigenvalue weighted by Crippen LogP contribution is -2.40. The summed E-state index contributed by atoms with van der Waals surface area (Å²) in [5.74, 6) is -1.06. The van der Waals surface area contributed by atoms with Crippen LogP contribution in [0, 0.1) is 0 Å². The third-order valence-electron chi connectivity index (χ3n) is 6.65. The lowest BCUT2D eigenvalue weighted by molar-refractivity contribution is 0.0893. The highest BCUT2D eigenvalue weighted by molar-refractivity contribution is 7.92. The van der Waals surface area contributed by atoms with E-state index in [2.05, 4.69) is 0 Å². The van der Waals surface area contributed by atoms with E-state index in [9.17, 15) is 22.8 Å². The van der Waals surface area contributed by atoms with Crippen LogP contribution in [0.4, 0.5) is 5.69 Å². The van der Waals surface area contributed by atoms with Crippen LogP contribution < -0.4 is 10.6 Å². The van der Waals surface area contributed by atoms with Gasteiger partial charge >= 0.3 is 5.69 Å². The normalized spacial score (nSPS) is 16.2. The van der Waals surface area contributed by atoms with Gasteiger partial charge in [-0.25, -0.2) is 18.1 Å². The molecule has 0 saturated heterocycles. The van der Waals surface area contributed by atoms with E-state index in [-0.39, 0.29) is 21.7 Å². The smallest absolute Gasteiger partial charge is 0.295 e. The number of imidazole rings is 1. The van der Waals surface area contributed by atoms with Crippen molar-refractivity contribution in [1.82, 2.24) is 9.13 Å². The number of rotatable bonds is 3. The second-order valence-electron chi connectivity index (χ2n) is 8.60. The molecule has 166 valence electrons. The number of fused-ring (bicyclic) bond motifs is 1. The van der Waals surface area contributed by atoms with Crippen LogP contribution in [0.25, 0.3) is 21.8 Å². The molecule has 8 nitrogen and oxygen atoms in total. The van der Waals surface area contributed by atoms with E-state index in [4.69, 9.17) is 0 Å². The zero-order valence-corrected chi connectivity index (χ0v) is 18.7. The highest BCUT2D eigenvalue weighted by Crippen LogP contribution is 2.40. The van der Waals surface area contributed by atoms with Gasteiger partial charge in [0.1, 0.15) is 0 Å². The van der Waals surface area contributed by atoms with Crippen molar-refractivity contribution in [3.63, 3.8) is 0 Å². The minimum atomic E-state index is -3.51. The lowest BCUT2D eigenvalue weighted by Gasteiger charge is -2.28. The molecular formula is C24H19N3O5S. The first-order valence-electron chi connectivity index (χ1n) is 10.6. The average Bonchev–Trinajstić information content (AvgIpc) is 3.64. The van der Waals surface area contributed by atoms with Gasteiger partial charge in [0.2, 0.25) is 0 Å². The quantitative estimate of drug-likeness (QED) is 0.437. The highest BCUT2D eigenvalue weighted by Gasteiger charge is 2.40. The molecule has 3 aromatic carbocycles. The van der Waals surface area contributed by atoms with Crippen molar-refractivity contribution in [2.75, 3.05) is 4.90 Å². The van der Waals surface area contributed by atoms with Gasteiger partial charge in [-0.2, -0.15) is 0 Å². The fourth-order valence-corrected chi connectivity index (χ4v) is 6.59. The molecule has 9 heteroatoms. The maximum Gasteiger partial charge on any atom is 0.328 e. The number of nitrogens with zero attached hydrogens (tertiary/aromatic N) is 3. The molecular weight excluding hydrogens is 442 g/mol. The summed E-state index contributed by atoms with van der Waals surface area (Å²) in [7, 11) is -0.223. The van der Waals surface area contributed by atoms with E-state index in [0.29, 0.717) is 40.3 Å². The van der Waals surface area contributed by atoms with Gasteiger partial charge < -0.3 is 0 Å². The van der Waals surface area contributed by atoms with Crippen molar-refractivity contribution in [2.24, 2.45) is 14.1 Å². The first kappa shape index (κ1) is 19.9. The number of hydrogen-bond donors (Lipinski definition) is 0. The minimum absolute atomic E-state index is 0.167. The van der Waals surface area contributed by atoms with E-state index in [1.165, 1.54) is 21.3 Å². The molecule has 0 unspecified atom stereocenters. The summed E-state index contributed by atoms with van der Waals surface area (Å²) in [6.07, 6.45) is 1.25. The topological polar surface area (TPSA) is 98.4 Å². The van der Waals surface area contributed by atoms with Crippen LogP contribution in [0.2, 0.25) is 0 Å². The fraction of sp³-hybridized carbons (Fsp3) is 0.208. The number of amides is 2. The summed E-state index contributed by atoms with van der Waals surface area (Å²) in [4.78, 5) is 40.5. The van der Waals surface area contributed by atoms with Gasteiger partial charge in [-0.1, -0.05) is 12.1 Å². The monoisotopic (exact) mass is 461 g/mol. The van der Waals surface area contributed by atoms with Crippen LogP contribution in [0.15, 0.2) is 58.2 Å². The van der Waals surface area contributed by atoms with Crippen molar-refractivity contribution < 1.29 is 18.0 Å². The Hall–Kier alpha value is -3.72. The van der Waals surface area contributed by atoms with E-state index in [1.807, 2.05) is 0 Å². The molecule has 2 aliphatic rings. The number of sulfone groups is 1. The summed E-state index contributed by atoms with van der Waals surface area (Å²) in [5, 5.41) is 0.378. The number of carbonyl (C=O) groups is 2. The van der Waals surface area contributed by atoms with Crippen LogP contribution >= 0.6 is 0 Å². The van der Waals surface area contributed by atoms with Gasteiger partial charge in [0.25, 0.3) is 11.8 Å². The summed E-state index contributed by atoms with van der Waals surface area (Å²) in [5.41, 5.74) is 1.96. The second kappa shape index (κ2) is 6.41. The van der Waals surface area contributed by atoms with Gasteiger partial charge in [0, 0.05) is 36.0 Å². The Morgan fingerprint density at radius 3 is 2.18 bits per heavy atom. The maximum absolute atomic E-state index is 13.5. The number of benzene rings is 3. The van der Waals surface area contributed by atoms with Crippen molar-refractivity contribution in [2.45, 2.75) is 23.0 Å². The molecule has 0 bridgehead atoms. The zero-order chi connectivity index (χ0) is 23.2. The van der Waals surface area contributed by atoms with Crippen molar-refractivity contribution in [1.29, 1.82) is 0 Å². The van der Waals surface area contributed by atoms with Crippen LogP contribution in [-0.2, 0) is 23.9 Å². The van der Waals surface area contributed by atoms with E-state index >= 15 is 0 Å². The van der Waals surface area contributed by atoms with Gasteiger partial charge in [0.05, 0.1) is 26.9 Å². The SMILES string of the molecule is Cn1c(=O)n(C)c2cc(N3C(=O)c4cccc5c(S(=O)(=O)C6CC6)ccc(c45)C3=O)ccc21. The molecule has 1 fully saturated rings. The number of imide groups is 1. The predicted molar refractivity (Wildman–Crippen MR) is 123 cm³/mol. The molecule has 2 amide bonds. The van der Waals surface area contributed by atoms with Gasteiger partial charge in [-0.05, 0) is 49.2 Å². The molecule has 0 spiro atoms. The molecule has 1 saturated carbocycles. The summed E-state index contributed by atoms with van der Waals surface area (Å²) in [6, 6.07) is 12.9. The molecule has 6 rings (SSSR count). The van der Waals surface area contributed by atoms with Crippen LogP contribution in [0.1, 0.15) is 33.6 Å². The molecule has 1 aliphatic carbocycles. The van der Waals surface area contributed by atoms with Gasteiger partial charge in [0.15, 0.2) is 9.84 Å². The average molecular weight is 461 g/mol. The third kappa shape index (κ3) is 2.56. The fourth-order valence-electron chi connectivity index (χ4n) is 4.74.